The summed E-state index contributed by atoms with van der Waals surface area (Å²) < 4.78 is 29.0. The fourth-order valence-electron chi connectivity index (χ4n) is 2.62. The van der Waals surface area contributed by atoms with Crippen LogP contribution in [0.1, 0.15) is 16.1 Å². The van der Waals surface area contributed by atoms with Crippen LogP contribution in [0.5, 0.6) is 11.5 Å². The summed E-state index contributed by atoms with van der Waals surface area (Å²) in [7, 11) is -3.26. The van der Waals surface area contributed by atoms with Crippen LogP contribution in [0, 0.1) is 6.92 Å². The topological polar surface area (TPSA) is 102 Å². The Hall–Kier alpha value is -3.06. The molecular weight excluding hydrogens is 352 g/mol. The second kappa shape index (κ2) is 6.68. The number of nitrogens with one attached hydrogen (secondary N) is 1. The number of hydrogen-bond donors (Lipinski definition) is 2. The minimum absolute atomic E-state index is 0.226. The molecule has 0 saturated carbocycles. The van der Waals surface area contributed by atoms with Crippen LogP contribution in [0.15, 0.2) is 59.5 Å². The predicted molar refractivity (Wildman–Crippen MR) is 99.1 cm³/mol. The first-order valence-electron chi connectivity index (χ1n) is 7.82. The quantitative estimate of drug-likeness (QED) is 0.719. The van der Waals surface area contributed by atoms with E-state index < -0.39 is 15.7 Å². The number of hydrogen-bond acceptors (Lipinski definition) is 4. The number of primary amides is 1. The van der Waals surface area contributed by atoms with Crippen LogP contribution in [-0.2, 0) is 9.84 Å². The number of para-hydroxylation sites is 1. The van der Waals surface area contributed by atoms with Crippen molar-refractivity contribution in [1.29, 1.82) is 0 Å². The van der Waals surface area contributed by atoms with Gasteiger partial charge in [0.15, 0.2) is 9.84 Å². The van der Waals surface area contributed by atoms with Gasteiger partial charge in [0.2, 0.25) is 0 Å². The molecule has 1 aromatic heterocycles. The lowest BCUT2D eigenvalue weighted by atomic mass is 10.1. The fraction of sp³-hybridized carbons (Fsp3) is 0.105. The third-order valence-electron chi connectivity index (χ3n) is 3.94. The molecule has 0 saturated heterocycles. The van der Waals surface area contributed by atoms with Gasteiger partial charge in [-0.25, -0.2) is 8.42 Å². The van der Waals surface area contributed by atoms with Gasteiger partial charge < -0.3 is 15.5 Å². The second-order valence-corrected chi connectivity index (χ2v) is 7.94. The van der Waals surface area contributed by atoms with Crippen molar-refractivity contribution in [2.45, 2.75) is 11.8 Å². The molecule has 7 heteroatoms. The SMILES string of the molecule is Cc1[nH]c(-c2ccccc2Oc2ccc(S(C)(=O)=O)cc2)cc1C(N)=O. The third-order valence-corrected chi connectivity index (χ3v) is 5.07. The van der Waals surface area contributed by atoms with E-state index in [0.717, 1.165) is 11.8 Å². The Balaban J connectivity index is 1.95. The van der Waals surface area contributed by atoms with Crippen molar-refractivity contribution in [1.82, 2.24) is 4.98 Å². The number of nitrogens with two attached hydrogens (primary N) is 1. The van der Waals surface area contributed by atoms with Crippen LogP contribution in [0.25, 0.3) is 11.3 Å². The van der Waals surface area contributed by atoms with Gasteiger partial charge in [-0.3, -0.25) is 4.79 Å². The summed E-state index contributed by atoms with van der Waals surface area (Å²) in [6, 6.07) is 15.2. The first kappa shape index (κ1) is 17.8. The van der Waals surface area contributed by atoms with Crippen LogP contribution in [0.4, 0.5) is 0 Å². The lowest BCUT2D eigenvalue weighted by molar-refractivity contribution is 0.1000. The van der Waals surface area contributed by atoms with E-state index in [1.54, 1.807) is 31.2 Å². The highest BCUT2D eigenvalue weighted by Crippen LogP contribution is 2.33. The number of rotatable bonds is 5. The average Bonchev–Trinajstić information content (AvgIpc) is 2.97. The minimum Gasteiger partial charge on any atom is -0.457 e. The molecule has 0 fully saturated rings. The fourth-order valence-corrected chi connectivity index (χ4v) is 3.25. The molecule has 0 aliphatic carbocycles. The standard InChI is InChI=1S/C19H18N2O4S/c1-12-16(19(20)22)11-17(21-12)15-5-3-4-6-18(15)25-13-7-9-14(10-8-13)26(2,23)24/h3-11,21H,1-2H3,(H2,20,22). The van der Waals surface area contributed by atoms with Crippen molar-refractivity contribution in [3.63, 3.8) is 0 Å². The Morgan fingerprint density at radius 3 is 2.31 bits per heavy atom. The zero-order valence-corrected chi connectivity index (χ0v) is 15.1. The highest BCUT2D eigenvalue weighted by Gasteiger charge is 2.14. The molecular formula is C19H18N2O4S. The molecule has 0 unspecified atom stereocenters. The molecule has 3 N–H and O–H groups in total. The summed E-state index contributed by atoms with van der Waals surface area (Å²) in [4.78, 5) is 14.8. The summed E-state index contributed by atoms with van der Waals surface area (Å²) in [5, 5.41) is 0. The van der Waals surface area contributed by atoms with E-state index in [1.807, 2.05) is 18.2 Å². The highest BCUT2D eigenvalue weighted by atomic mass is 32.2. The maximum atomic E-state index is 11.5. The van der Waals surface area contributed by atoms with Crippen molar-refractivity contribution in [2.24, 2.45) is 5.73 Å². The summed E-state index contributed by atoms with van der Waals surface area (Å²) in [6.45, 7) is 1.77. The van der Waals surface area contributed by atoms with E-state index in [2.05, 4.69) is 4.98 Å². The van der Waals surface area contributed by atoms with Crippen molar-refractivity contribution < 1.29 is 17.9 Å². The van der Waals surface area contributed by atoms with Crippen molar-refractivity contribution in [3.05, 3.63) is 65.9 Å². The maximum absolute atomic E-state index is 11.5. The summed E-state index contributed by atoms with van der Waals surface area (Å²) in [5.74, 6) is 0.569. The maximum Gasteiger partial charge on any atom is 0.250 e. The number of aromatic nitrogens is 1. The van der Waals surface area contributed by atoms with Gasteiger partial charge in [0.25, 0.3) is 5.91 Å². The average molecular weight is 370 g/mol. The molecule has 0 aliphatic rings. The number of ether oxygens (including phenoxy) is 1. The number of carbonyl (C=O) groups is 1. The number of amides is 1. The van der Waals surface area contributed by atoms with Gasteiger partial charge in [0, 0.05) is 17.5 Å². The van der Waals surface area contributed by atoms with E-state index in [-0.39, 0.29) is 4.90 Å². The van der Waals surface area contributed by atoms with Crippen molar-refractivity contribution >= 4 is 15.7 Å². The number of H-pyrrole nitrogens is 1. The number of benzene rings is 2. The Kier molecular flexibility index (Phi) is 4.56. The predicted octanol–water partition coefficient (Wildman–Crippen LogP) is 3.28. The Labute approximate surface area is 151 Å². The smallest absolute Gasteiger partial charge is 0.250 e. The van der Waals surface area contributed by atoms with Crippen molar-refractivity contribution in [3.8, 4) is 22.8 Å². The summed E-state index contributed by atoms with van der Waals surface area (Å²) >= 11 is 0. The van der Waals surface area contributed by atoms with Gasteiger partial charge in [0.05, 0.1) is 16.2 Å². The van der Waals surface area contributed by atoms with E-state index in [0.29, 0.717) is 28.5 Å². The second-order valence-electron chi connectivity index (χ2n) is 5.93. The molecule has 0 radical (unpaired) electrons. The van der Waals surface area contributed by atoms with E-state index in [1.165, 1.54) is 12.1 Å². The Morgan fingerprint density at radius 1 is 1.08 bits per heavy atom. The first-order chi connectivity index (χ1) is 12.3. The molecule has 0 atom stereocenters. The van der Waals surface area contributed by atoms with Gasteiger partial charge in [-0.05, 0) is 49.4 Å². The van der Waals surface area contributed by atoms with Gasteiger partial charge >= 0.3 is 0 Å². The number of carbonyl (C=O) groups excluding carboxylic acids is 1. The van der Waals surface area contributed by atoms with Crippen LogP contribution in [0.2, 0.25) is 0 Å². The highest BCUT2D eigenvalue weighted by molar-refractivity contribution is 7.90. The summed E-state index contributed by atoms with van der Waals surface area (Å²) in [5.41, 5.74) is 7.95. The molecule has 0 aliphatic heterocycles. The Morgan fingerprint density at radius 2 is 1.73 bits per heavy atom. The van der Waals surface area contributed by atoms with Gasteiger partial charge in [-0.1, -0.05) is 12.1 Å². The summed E-state index contributed by atoms with van der Waals surface area (Å²) in [6.07, 6.45) is 1.15. The molecule has 2 aromatic carbocycles. The van der Waals surface area contributed by atoms with Crippen LogP contribution >= 0.6 is 0 Å². The van der Waals surface area contributed by atoms with Crippen LogP contribution < -0.4 is 10.5 Å². The zero-order valence-electron chi connectivity index (χ0n) is 14.3. The van der Waals surface area contributed by atoms with Crippen LogP contribution in [0.3, 0.4) is 0 Å². The minimum atomic E-state index is -3.26. The molecule has 3 rings (SSSR count). The third kappa shape index (κ3) is 3.62. The van der Waals surface area contributed by atoms with Gasteiger partial charge in [-0.2, -0.15) is 0 Å². The monoisotopic (exact) mass is 370 g/mol. The molecule has 0 spiro atoms. The van der Waals surface area contributed by atoms with Gasteiger partial charge in [-0.15, -0.1) is 0 Å². The molecule has 6 nitrogen and oxygen atoms in total. The number of aromatic amines is 1. The van der Waals surface area contributed by atoms with E-state index in [9.17, 15) is 13.2 Å². The number of aryl methyl sites for hydroxylation is 1. The molecule has 26 heavy (non-hydrogen) atoms. The van der Waals surface area contributed by atoms with Crippen molar-refractivity contribution in [2.75, 3.05) is 6.26 Å². The lowest BCUT2D eigenvalue weighted by Gasteiger charge is -2.10. The Bertz CT molecular complexity index is 1070. The first-order valence-corrected chi connectivity index (χ1v) is 9.71. The van der Waals surface area contributed by atoms with Gasteiger partial charge in [0.1, 0.15) is 11.5 Å². The lowest BCUT2D eigenvalue weighted by Crippen LogP contribution is -2.10. The molecule has 1 heterocycles. The van der Waals surface area contributed by atoms with E-state index >= 15 is 0 Å². The van der Waals surface area contributed by atoms with E-state index in [4.69, 9.17) is 10.5 Å². The van der Waals surface area contributed by atoms with Crippen LogP contribution in [-0.4, -0.2) is 25.6 Å². The normalized spacial score (nSPS) is 11.3. The number of sulfone groups is 1. The molecule has 0 bridgehead atoms. The largest absolute Gasteiger partial charge is 0.457 e. The molecule has 134 valence electrons. The zero-order chi connectivity index (χ0) is 18.9. The molecule has 1 amide bonds. The molecule has 3 aromatic rings.